The number of phenols is 1. The largest absolute Gasteiger partial charge is 0.507 e. The number of nitrogens with one attached hydrogen (secondary N) is 1. The molecule has 0 fully saturated rings. The van der Waals surface area contributed by atoms with Gasteiger partial charge >= 0.3 is 0 Å². The molecule has 21 heavy (non-hydrogen) atoms. The van der Waals surface area contributed by atoms with E-state index in [0.29, 0.717) is 5.75 Å². The van der Waals surface area contributed by atoms with E-state index in [-0.39, 0.29) is 0 Å². The van der Waals surface area contributed by atoms with Crippen molar-refractivity contribution in [2.24, 2.45) is 0 Å². The molecule has 0 aliphatic heterocycles. The number of aromatic hydroxyl groups is 1. The monoisotopic (exact) mass is 317 g/mol. The molecule has 0 saturated carbocycles. The van der Waals surface area contributed by atoms with Crippen molar-refractivity contribution in [1.29, 1.82) is 0 Å². The third-order valence-corrected chi connectivity index (χ3v) is 5.16. The number of phenolic OH excluding ortho intramolecular Hbond substituents is 1. The van der Waals surface area contributed by atoms with Crippen molar-refractivity contribution in [3.63, 3.8) is 0 Å². The van der Waals surface area contributed by atoms with Crippen LogP contribution in [0.2, 0.25) is 0 Å². The lowest BCUT2D eigenvalue weighted by Gasteiger charge is -2.06. The maximum Gasteiger partial charge on any atom is 0.205 e. The normalized spacial score (nSPS) is 10.9. The number of benzene rings is 2. The number of hydrogen-bond donors (Lipinski definition) is 2. The van der Waals surface area contributed by atoms with Gasteiger partial charge in [0.25, 0.3) is 0 Å². The van der Waals surface area contributed by atoms with Crippen molar-refractivity contribution < 1.29 is 5.11 Å². The predicted molar refractivity (Wildman–Crippen MR) is 89.2 cm³/mol. The van der Waals surface area contributed by atoms with E-state index in [9.17, 15) is 5.11 Å². The van der Waals surface area contributed by atoms with Gasteiger partial charge < -0.3 is 10.4 Å². The van der Waals surface area contributed by atoms with Crippen LogP contribution in [-0.2, 0) is 5.75 Å². The van der Waals surface area contributed by atoms with Gasteiger partial charge in [-0.25, -0.2) is 0 Å². The number of hydrogen-bond acceptors (Lipinski definition) is 6. The molecule has 0 amide bonds. The van der Waals surface area contributed by atoms with Crippen LogP contribution in [0.3, 0.4) is 0 Å². The molecule has 108 valence electrons. The number of aromatic nitrogens is 2. The van der Waals surface area contributed by atoms with Gasteiger partial charge in [0.1, 0.15) is 10.8 Å². The van der Waals surface area contributed by atoms with Gasteiger partial charge in [0.05, 0.1) is 5.75 Å². The summed E-state index contributed by atoms with van der Waals surface area (Å²) in [5, 5.41) is 25.2. The number of rotatable bonds is 5. The highest BCUT2D eigenvalue weighted by Gasteiger charge is 2.08. The van der Waals surface area contributed by atoms with E-state index in [1.54, 1.807) is 29.2 Å². The molecule has 0 atom stereocenters. The molecule has 3 rings (SSSR count). The van der Waals surface area contributed by atoms with Crippen molar-refractivity contribution in [2.75, 3.05) is 11.9 Å². The van der Waals surface area contributed by atoms with Crippen molar-refractivity contribution in [1.82, 2.24) is 10.2 Å². The summed E-state index contributed by atoms with van der Waals surface area (Å²) < 4.78 is 0. The molecule has 0 aliphatic rings. The summed E-state index contributed by atoms with van der Waals surface area (Å²) >= 11 is 3.29. The second kappa shape index (κ2) is 6.32. The maximum absolute atomic E-state index is 9.91. The Morgan fingerprint density at radius 2 is 1.95 bits per heavy atom. The van der Waals surface area contributed by atoms with Crippen molar-refractivity contribution in [3.8, 4) is 5.75 Å². The molecule has 4 nitrogen and oxygen atoms in total. The highest BCUT2D eigenvalue weighted by Crippen LogP contribution is 2.35. The minimum absolute atomic E-state index is 0.320. The molecular weight excluding hydrogens is 302 g/mol. The van der Waals surface area contributed by atoms with E-state index in [0.717, 1.165) is 38.1 Å². The molecule has 3 aromatic rings. The summed E-state index contributed by atoms with van der Waals surface area (Å²) in [7, 11) is 0. The van der Waals surface area contributed by atoms with Crippen LogP contribution in [0.5, 0.6) is 5.75 Å². The van der Waals surface area contributed by atoms with E-state index < -0.39 is 0 Å². The Hall–Kier alpha value is -1.79. The summed E-state index contributed by atoms with van der Waals surface area (Å²) in [6.45, 7) is 2.89. The summed E-state index contributed by atoms with van der Waals surface area (Å²) in [5.41, 5.74) is 0. The van der Waals surface area contributed by atoms with Gasteiger partial charge in [0.2, 0.25) is 5.13 Å². The van der Waals surface area contributed by atoms with Gasteiger partial charge in [-0.05, 0) is 24.4 Å². The summed E-state index contributed by atoms with van der Waals surface area (Å²) in [4.78, 5) is 1.14. The third kappa shape index (κ3) is 3.11. The Labute approximate surface area is 131 Å². The van der Waals surface area contributed by atoms with Crippen LogP contribution in [0.1, 0.15) is 11.9 Å². The number of thioether (sulfide) groups is 1. The zero-order chi connectivity index (χ0) is 14.7. The molecule has 0 radical (unpaired) electrons. The summed E-state index contributed by atoms with van der Waals surface area (Å²) in [5.74, 6) is 1.10. The standard InChI is InChI=1S/C15H15N3OS2/c1-2-16-15-18-17-14(21-15)9-20-13-8-7-12(19)10-5-3-4-6-11(10)13/h3-8,19H,2,9H2,1H3,(H,16,18). The molecule has 0 saturated heterocycles. The number of fused-ring (bicyclic) bond motifs is 1. The van der Waals surface area contributed by atoms with Crippen LogP contribution in [0.15, 0.2) is 41.3 Å². The second-order valence-electron chi connectivity index (χ2n) is 4.45. The molecule has 0 bridgehead atoms. The molecule has 2 aromatic carbocycles. The van der Waals surface area contributed by atoms with E-state index in [1.165, 1.54) is 0 Å². The summed E-state index contributed by atoms with van der Waals surface area (Å²) in [6, 6.07) is 11.6. The minimum atomic E-state index is 0.320. The van der Waals surface area contributed by atoms with E-state index in [4.69, 9.17) is 0 Å². The van der Waals surface area contributed by atoms with Gasteiger partial charge in [-0.1, -0.05) is 35.6 Å². The SMILES string of the molecule is CCNc1nnc(CSc2ccc(O)c3ccccc23)s1. The van der Waals surface area contributed by atoms with Crippen molar-refractivity contribution in [2.45, 2.75) is 17.6 Å². The maximum atomic E-state index is 9.91. The van der Waals surface area contributed by atoms with Gasteiger partial charge in [-0.3, -0.25) is 0 Å². The zero-order valence-corrected chi connectivity index (χ0v) is 13.2. The number of anilines is 1. The molecule has 0 spiro atoms. The van der Waals surface area contributed by atoms with Gasteiger partial charge in [0.15, 0.2) is 0 Å². The molecule has 2 N–H and O–H groups in total. The van der Waals surface area contributed by atoms with Crippen molar-refractivity contribution >= 4 is 39.0 Å². The zero-order valence-electron chi connectivity index (χ0n) is 11.5. The highest BCUT2D eigenvalue weighted by atomic mass is 32.2. The molecular formula is C15H15N3OS2. The molecule has 6 heteroatoms. The Kier molecular flexibility index (Phi) is 4.26. The van der Waals surface area contributed by atoms with Crippen LogP contribution < -0.4 is 5.32 Å². The quantitative estimate of drug-likeness (QED) is 0.693. The third-order valence-electron chi connectivity index (χ3n) is 3.01. The highest BCUT2D eigenvalue weighted by molar-refractivity contribution is 7.98. The first-order valence-electron chi connectivity index (χ1n) is 6.67. The smallest absolute Gasteiger partial charge is 0.205 e. The first-order valence-corrected chi connectivity index (χ1v) is 8.48. The van der Waals surface area contributed by atoms with E-state index in [2.05, 4.69) is 15.5 Å². The lowest BCUT2D eigenvalue weighted by atomic mass is 10.1. The topological polar surface area (TPSA) is 58.0 Å². The van der Waals surface area contributed by atoms with Gasteiger partial charge in [-0.2, -0.15) is 0 Å². The average Bonchev–Trinajstić information content (AvgIpc) is 2.95. The van der Waals surface area contributed by atoms with Crippen LogP contribution in [0.25, 0.3) is 10.8 Å². The first kappa shape index (κ1) is 14.2. The second-order valence-corrected chi connectivity index (χ2v) is 6.53. The molecule has 1 heterocycles. The molecule has 0 aliphatic carbocycles. The molecule has 1 aromatic heterocycles. The Bertz CT molecular complexity index is 758. The fourth-order valence-corrected chi connectivity index (χ4v) is 3.91. The summed E-state index contributed by atoms with van der Waals surface area (Å²) in [6.07, 6.45) is 0. The predicted octanol–water partition coefficient (Wildman–Crippen LogP) is 4.12. The lowest BCUT2D eigenvalue weighted by Crippen LogP contribution is -1.94. The van der Waals surface area contributed by atoms with Crippen LogP contribution in [-0.4, -0.2) is 21.8 Å². The van der Waals surface area contributed by atoms with E-state index >= 15 is 0 Å². The van der Waals surface area contributed by atoms with Crippen LogP contribution >= 0.6 is 23.1 Å². The fourth-order valence-electron chi connectivity index (χ4n) is 2.06. The van der Waals surface area contributed by atoms with Crippen LogP contribution in [0.4, 0.5) is 5.13 Å². The number of nitrogens with zero attached hydrogens (tertiary/aromatic N) is 2. The van der Waals surface area contributed by atoms with Crippen LogP contribution in [0, 0.1) is 0 Å². The first-order chi connectivity index (χ1) is 10.3. The van der Waals surface area contributed by atoms with Gasteiger partial charge in [0, 0.05) is 16.8 Å². The Morgan fingerprint density at radius 3 is 2.76 bits per heavy atom. The Morgan fingerprint density at radius 1 is 1.14 bits per heavy atom. The van der Waals surface area contributed by atoms with Crippen molar-refractivity contribution in [3.05, 3.63) is 41.4 Å². The van der Waals surface area contributed by atoms with E-state index in [1.807, 2.05) is 37.3 Å². The Balaban J connectivity index is 1.80. The fraction of sp³-hybridized carbons (Fsp3) is 0.200. The molecule has 0 unspecified atom stereocenters. The minimum Gasteiger partial charge on any atom is -0.507 e. The van der Waals surface area contributed by atoms with Gasteiger partial charge in [-0.15, -0.1) is 22.0 Å². The average molecular weight is 317 g/mol. The lowest BCUT2D eigenvalue weighted by molar-refractivity contribution is 0.481.